The number of allylic oxidation sites excluding steroid dienone is 6. The molecule has 0 bridgehead atoms. The quantitative estimate of drug-likeness (QED) is 0.101. The highest BCUT2D eigenvalue weighted by molar-refractivity contribution is 7.81. The van der Waals surface area contributed by atoms with Gasteiger partial charge in [-0.15, -0.1) is 0 Å². The van der Waals surface area contributed by atoms with Crippen molar-refractivity contribution in [2.45, 2.75) is 137 Å². The molecule has 3 rings (SSSR count). The predicted octanol–water partition coefficient (Wildman–Crippen LogP) is 7.20. The van der Waals surface area contributed by atoms with Gasteiger partial charge in [-0.25, -0.2) is 16.8 Å². The van der Waals surface area contributed by atoms with Gasteiger partial charge in [-0.3, -0.25) is 0 Å². The summed E-state index contributed by atoms with van der Waals surface area (Å²) in [5.74, 6) is -0.419. The van der Waals surface area contributed by atoms with E-state index in [-0.39, 0.29) is 34.8 Å². The Balaban J connectivity index is 1.84. The largest absolute Gasteiger partial charge is 0.716 e. The van der Waals surface area contributed by atoms with Crippen molar-refractivity contribution in [2.75, 3.05) is 0 Å². The lowest BCUT2D eigenvalue weighted by Crippen LogP contribution is -2.42. The van der Waals surface area contributed by atoms with Crippen LogP contribution in [0.25, 0.3) is 0 Å². The first kappa shape index (κ1) is 40.2. The third-order valence-corrected chi connectivity index (χ3v) is 11.5. The smallest absolute Gasteiger partial charge is 0.262 e. The molecular formula is C36H54O10S2-2. The molecule has 48 heavy (non-hydrogen) atoms. The molecule has 0 aromatic heterocycles. The van der Waals surface area contributed by atoms with E-state index in [1.165, 1.54) is 28.4 Å². The fourth-order valence-electron chi connectivity index (χ4n) is 7.62. The van der Waals surface area contributed by atoms with Crippen LogP contribution in [-0.2, 0) is 27.2 Å². The maximum atomic E-state index is 11.6. The third-order valence-electron chi connectivity index (χ3n) is 10.8. The van der Waals surface area contributed by atoms with Crippen molar-refractivity contribution >= 4 is 20.8 Å². The summed E-state index contributed by atoms with van der Waals surface area (Å²) in [5.41, 5.74) is 3.33. The van der Waals surface area contributed by atoms with Gasteiger partial charge in [-0.1, -0.05) is 55.2 Å². The molecule has 2 aliphatic rings. The van der Waals surface area contributed by atoms with Crippen molar-refractivity contribution in [3.8, 4) is 11.5 Å². The van der Waals surface area contributed by atoms with E-state index in [4.69, 9.17) is 4.18 Å². The highest BCUT2D eigenvalue weighted by Gasteiger charge is 2.46. The summed E-state index contributed by atoms with van der Waals surface area (Å²) in [6, 6.07) is 3.43. The summed E-state index contributed by atoms with van der Waals surface area (Å²) in [5, 5.41) is 22.4. The predicted molar refractivity (Wildman–Crippen MR) is 184 cm³/mol. The molecule has 2 N–H and O–H groups in total. The molecule has 1 aromatic carbocycles. The average Bonchev–Trinajstić information content (AvgIpc) is 2.94. The standard InChI is InChI=1S/C36H56O10S2/c1-25(2)11-8-12-26(3)13-9-21-36(7,38)33(37)19-22-34(5)20-10-14-31-30(34)17-15-27(4)35(31,6)24-28-23-29(45-47(39,40)41)16-18-32(28)46-48(42,43)44/h11,13,16,18,23,27,33,37-38H,8-10,12,14-15,17,19-22,24H2,1-7H3,(H,39,40,41)(H,42,43,44)/p-2/b26-13+/t27?,33?,34-,35?,36?/m0/s1. The monoisotopic (exact) mass is 710 g/mol. The van der Waals surface area contributed by atoms with Gasteiger partial charge >= 0.3 is 0 Å². The normalized spacial score (nSPS) is 25.6. The molecule has 12 heteroatoms. The highest BCUT2D eigenvalue weighted by Crippen LogP contribution is 2.58. The van der Waals surface area contributed by atoms with Crippen molar-refractivity contribution in [1.29, 1.82) is 0 Å². The zero-order valence-corrected chi connectivity index (χ0v) is 31.1. The summed E-state index contributed by atoms with van der Waals surface area (Å²) in [4.78, 5) is 0. The van der Waals surface area contributed by atoms with Gasteiger partial charge in [0.15, 0.2) is 0 Å². The van der Waals surface area contributed by atoms with Crippen molar-refractivity contribution in [2.24, 2.45) is 16.7 Å². The maximum Gasteiger partial charge on any atom is 0.262 e. The molecule has 10 nitrogen and oxygen atoms in total. The Morgan fingerprint density at radius 3 is 2.33 bits per heavy atom. The molecular weight excluding hydrogens is 657 g/mol. The van der Waals surface area contributed by atoms with Crippen LogP contribution in [0.2, 0.25) is 0 Å². The van der Waals surface area contributed by atoms with Crippen LogP contribution >= 0.6 is 0 Å². The van der Waals surface area contributed by atoms with Crippen LogP contribution in [0.4, 0.5) is 0 Å². The van der Waals surface area contributed by atoms with Crippen LogP contribution in [-0.4, -0.2) is 47.9 Å². The lowest BCUT2D eigenvalue weighted by atomic mass is 9.54. The minimum atomic E-state index is -5.14. The number of hydrogen-bond acceptors (Lipinski definition) is 10. The Kier molecular flexibility index (Phi) is 13.2. The zero-order chi connectivity index (χ0) is 36.1. The van der Waals surface area contributed by atoms with Gasteiger partial charge in [0, 0.05) is 5.56 Å². The lowest BCUT2D eigenvalue weighted by molar-refractivity contribution is -0.0733. The molecule has 0 amide bonds. The van der Waals surface area contributed by atoms with Crippen molar-refractivity contribution < 1.29 is 44.5 Å². The van der Waals surface area contributed by atoms with Crippen LogP contribution in [0.5, 0.6) is 11.5 Å². The van der Waals surface area contributed by atoms with E-state index < -0.39 is 37.9 Å². The molecule has 0 radical (unpaired) electrons. The van der Waals surface area contributed by atoms with Crippen LogP contribution in [0.15, 0.2) is 52.6 Å². The van der Waals surface area contributed by atoms with Crippen LogP contribution in [0, 0.1) is 16.7 Å². The topological polar surface area (TPSA) is 173 Å². The van der Waals surface area contributed by atoms with E-state index in [1.807, 2.05) is 0 Å². The molecule has 4 unspecified atom stereocenters. The summed E-state index contributed by atoms with van der Waals surface area (Å²) < 4.78 is 77.8. The second kappa shape index (κ2) is 15.8. The number of aliphatic hydroxyl groups excluding tert-OH is 1. The number of aliphatic hydroxyl groups is 2. The number of benzene rings is 1. The molecule has 0 fully saturated rings. The second-order valence-corrected chi connectivity index (χ2v) is 16.9. The van der Waals surface area contributed by atoms with Gasteiger partial charge in [-0.2, -0.15) is 0 Å². The first-order chi connectivity index (χ1) is 22.0. The molecule has 5 atom stereocenters. The Labute approximate surface area is 288 Å². The summed E-state index contributed by atoms with van der Waals surface area (Å²) in [7, 11) is -10.2. The Morgan fingerprint density at radius 2 is 1.71 bits per heavy atom. The minimum absolute atomic E-state index is 0.132. The molecule has 0 saturated carbocycles. The Morgan fingerprint density at radius 1 is 1.04 bits per heavy atom. The van der Waals surface area contributed by atoms with Gasteiger partial charge in [-0.05, 0) is 140 Å². The second-order valence-electron chi connectivity index (χ2n) is 15.0. The van der Waals surface area contributed by atoms with E-state index in [0.29, 0.717) is 25.7 Å². The molecule has 0 spiro atoms. The van der Waals surface area contributed by atoms with E-state index in [1.54, 1.807) is 6.92 Å². The van der Waals surface area contributed by atoms with Crippen LogP contribution in [0.1, 0.15) is 125 Å². The van der Waals surface area contributed by atoms with Gasteiger partial charge < -0.3 is 27.7 Å². The first-order valence-corrected chi connectivity index (χ1v) is 19.6. The van der Waals surface area contributed by atoms with Crippen molar-refractivity contribution in [1.82, 2.24) is 0 Å². The summed E-state index contributed by atoms with van der Waals surface area (Å²) in [6.45, 7) is 14.4. The van der Waals surface area contributed by atoms with Crippen LogP contribution in [0.3, 0.4) is 0 Å². The highest BCUT2D eigenvalue weighted by atomic mass is 32.3. The van der Waals surface area contributed by atoms with E-state index in [2.05, 4.69) is 57.9 Å². The number of rotatable bonds is 16. The molecule has 0 aliphatic heterocycles. The van der Waals surface area contributed by atoms with Crippen molar-refractivity contribution in [3.63, 3.8) is 0 Å². The van der Waals surface area contributed by atoms with Gasteiger partial charge in [0.2, 0.25) is 0 Å². The minimum Gasteiger partial charge on any atom is -0.716 e. The van der Waals surface area contributed by atoms with E-state index in [9.17, 15) is 36.2 Å². The van der Waals surface area contributed by atoms with Gasteiger partial charge in [0.25, 0.3) is 20.8 Å². The fraction of sp³-hybridized carbons (Fsp3) is 0.667. The van der Waals surface area contributed by atoms with E-state index >= 15 is 0 Å². The maximum absolute atomic E-state index is 11.6. The summed E-state index contributed by atoms with van der Waals surface area (Å²) in [6.07, 6.45) is 12.2. The molecule has 2 aliphatic carbocycles. The Hall–Kier alpha value is -2.22. The zero-order valence-electron chi connectivity index (χ0n) is 29.5. The van der Waals surface area contributed by atoms with Crippen LogP contribution < -0.4 is 8.37 Å². The van der Waals surface area contributed by atoms with E-state index in [0.717, 1.165) is 57.1 Å². The molecule has 1 aromatic rings. The summed E-state index contributed by atoms with van der Waals surface area (Å²) >= 11 is 0. The Bertz CT molecular complexity index is 1600. The molecule has 272 valence electrons. The van der Waals surface area contributed by atoms with Gasteiger partial charge in [0.1, 0.15) is 11.5 Å². The lowest BCUT2D eigenvalue weighted by Gasteiger charge is -2.51. The first-order valence-electron chi connectivity index (χ1n) is 16.9. The fourth-order valence-corrected chi connectivity index (χ4v) is 8.34. The number of hydrogen-bond donors (Lipinski definition) is 2. The average molecular weight is 711 g/mol. The van der Waals surface area contributed by atoms with Crippen molar-refractivity contribution in [3.05, 3.63) is 58.2 Å². The molecule has 0 heterocycles. The SMILES string of the molecule is CC(C)=CCC/C(C)=C/CCC(C)(O)C(O)CC[C@]1(C)CCCC2=C1CCC(C)C2(C)Cc1cc(OS(=O)(=O)[O-])ccc1OS(=O)(=O)[O-]. The third kappa shape index (κ3) is 11.1. The molecule has 0 saturated heterocycles. The van der Waals surface area contributed by atoms with Gasteiger partial charge in [0.05, 0.1) is 11.7 Å².